The average Bonchev–Trinajstić information content (AvgIpc) is 2.33. The molecule has 0 bridgehead atoms. The average molecular weight is 230 g/mol. The maximum atomic E-state index is 13.3. The smallest absolute Gasteiger partial charge is 0.128 e. The Bertz CT molecular complexity index is 506. The number of benzene rings is 1. The quantitative estimate of drug-likeness (QED) is 0.873. The van der Waals surface area contributed by atoms with Gasteiger partial charge in [-0.1, -0.05) is 12.1 Å². The highest BCUT2D eigenvalue weighted by molar-refractivity contribution is 5.45. The van der Waals surface area contributed by atoms with Crippen molar-refractivity contribution in [3.63, 3.8) is 0 Å². The zero-order valence-electron chi connectivity index (χ0n) is 10.00. The second kappa shape index (κ2) is 4.95. The van der Waals surface area contributed by atoms with Crippen LogP contribution in [0.25, 0.3) is 0 Å². The second-order valence-electron chi connectivity index (χ2n) is 4.14. The predicted molar refractivity (Wildman–Crippen MR) is 67.4 cm³/mol. The second-order valence-corrected chi connectivity index (χ2v) is 4.14. The highest BCUT2D eigenvalue weighted by Crippen LogP contribution is 2.14. The van der Waals surface area contributed by atoms with Gasteiger partial charge < -0.3 is 5.32 Å². The lowest BCUT2D eigenvalue weighted by Crippen LogP contribution is -2.02. The monoisotopic (exact) mass is 230 g/mol. The molecule has 0 fully saturated rings. The SMILES string of the molecule is Cc1ccc(CNc2ccc(C)c(F)c2)nc1. The maximum absolute atomic E-state index is 13.3. The lowest BCUT2D eigenvalue weighted by atomic mass is 10.2. The van der Waals surface area contributed by atoms with Gasteiger partial charge in [-0.3, -0.25) is 4.98 Å². The van der Waals surface area contributed by atoms with Crippen molar-refractivity contribution in [3.8, 4) is 0 Å². The molecule has 3 heteroatoms. The molecule has 0 radical (unpaired) electrons. The van der Waals surface area contributed by atoms with Gasteiger partial charge in [-0.15, -0.1) is 0 Å². The largest absolute Gasteiger partial charge is 0.379 e. The number of aryl methyl sites for hydroxylation is 2. The van der Waals surface area contributed by atoms with E-state index in [9.17, 15) is 4.39 Å². The van der Waals surface area contributed by atoms with Crippen LogP contribution in [0.3, 0.4) is 0 Å². The summed E-state index contributed by atoms with van der Waals surface area (Å²) in [6.07, 6.45) is 1.83. The first kappa shape index (κ1) is 11.6. The molecule has 2 aromatic rings. The van der Waals surface area contributed by atoms with Crippen molar-refractivity contribution in [2.24, 2.45) is 0 Å². The number of anilines is 1. The minimum atomic E-state index is -0.188. The summed E-state index contributed by atoms with van der Waals surface area (Å²) in [7, 11) is 0. The van der Waals surface area contributed by atoms with Crippen LogP contribution < -0.4 is 5.32 Å². The molecule has 1 aromatic carbocycles. The number of pyridine rings is 1. The number of nitrogens with zero attached hydrogens (tertiary/aromatic N) is 1. The molecule has 1 N–H and O–H groups in total. The van der Waals surface area contributed by atoms with Crippen LogP contribution in [0.4, 0.5) is 10.1 Å². The molecule has 1 heterocycles. The van der Waals surface area contributed by atoms with Crippen LogP contribution in [0, 0.1) is 19.7 Å². The fourth-order valence-corrected chi connectivity index (χ4v) is 1.50. The summed E-state index contributed by atoms with van der Waals surface area (Å²) in [5, 5.41) is 3.15. The standard InChI is InChI=1S/C14H15FN2/c1-10-3-5-13(16-8-10)9-17-12-6-4-11(2)14(15)7-12/h3-8,17H,9H2,1-2H3. The first-order chi connectivity index (χ1) is 8.15. The van der Waals surface area contributed by atoms with Gasteiger partial charge in [0.05, 0.1) is 12.2 Å². The third-order valence-corrected chi connectivity index (χ3v) is 2.62. The summed E-state index contributed by atoms with van der Waals surface area (Å²) in [6, 6.07) is 9.11. The Morgan fingerprint density at radius 2 is 2.00 bits per heavy atom. The molecule has 0 aliphatic carbocycles. The van der Waals surface area contributed by atoms with Crippen molar-refractivity contribution in [2.75, 3.05) is 5.32 Å². The van der Waals surface area contributed by atoms with Gasteiger partial charge in [0.25, 0.3) is 0 Å². The third kappa shape index (κ3) is 3.03. The van der Waals surface area contributed by atoms with Crippen molar-refractivity contribution >= 4 is 5.69 Å². The lowest BCUT2D eigenvalue weighted by molar-refractivity contribution is 0.619. The molecule has 0 aliphatic rings. The van der Waals surface area contributed by atoms with Crippen LogP contribution in [0.5, 0.6) is 0 Å². The Hall–Kier alpha value is -1.90. The molecule has 1 aromatic heterocycles. The van der Waals surface area contributed by atoms with Gasteiger partial charge in [0.1, 0.15) is 5.82 Å². The number of rotatable bonds is 3. The first-order valence-corrected chi connectivity index (χ1v) is 5.57. The fraction of sp³-hybridized carbons (Fsp3) is 0.214. The van der Waals surface area contributed by atoms with Crippen LogP contribution >= 0.6 is 0 Å². The number of hydrogen-bond donors (Lipinski definition) is 1. The van der Waals surface area contributed by atoms with Gasteiger partial charge in [0, 0.05) is 11.9 Å². The molecule has 0 spiro atoms. The van der Waals surface area contributed by atoms with Gasteiger partial charge in [-0.25, -0.2) is 4.39 Å². The number of nitrogens with one attached hydrogen (secondary N) is 1. The molecule has 0 unspecified atom stereocenters. The summed E-state index contributed by atoms with van der Waals surface area (Å²) in [5.74, 6) is -0.188. The zero-order valence-corrected chi connectivity index (χ0v) is 10.00. The maximum Gasteiger partial charge on any atom is 0.128 e. The van der Waals surface area contributed by atoms with E-state index >= 15 is 0 Å². The number of aromatic nitrogens is 1. The fourth-order valence-electron chi connectivity index (χ4n) is 1.50. The Morgan fingerprint density at radius 3 is 2.65 bits per heavy atom. The van der Waals surface area contributed by atoms with Crippen molar-refractivity contribution in [1.29, 1.82) is 0 Å². The van der Waals surface area contributed by atoms with Gasteiger partial charge >= 0.3 is 0 Å². The molecule has 0 aliphatic heterocycles. The van der Waals surface area contributed by atoms with E-state index in [0.717, 1.165) is 16.9 Å². The molecule has 17 heavy (non-hydrogen) atoms. The molecule has 0 atom stereocenters. The highest BCUT2D eigenvalue weighted by atomic mass is 19.1. The van der Waals surface area contributed by atoms with Gasteiger partial charge in [-0.2, -0.15) is 0 Å². The van der Waals surface area contributed by atoms with Crippen LogP contribution in [0.1, 0.15) is 16.8 Å². The van der Waals surface area contributed by atoms with Crippen molar-refractivity contribution in [3.05, 3.63) is 59.2 Å². The Labute approximate surface area is 101 Å². The molecule has 88 valence electrons. The third-order valence-electron chi connectivity index (χ3n) is 2.62. The summed E-state index contributed by atoms with van der Waals surface area (Å²) >= 11 is 0. The minimum absolute atomic E-state index is 0.188. The van der Waals surface area contributed by atoms with Crippen molar-refractivity contribution in [2.45, 2.75) is 20.4 Å². The summed E-state index contributed by atoms with van der Waals surface area (Å²) in [6.45, 7) is 4.35. The number of halogens is 1. The first-order valence-electron chi connectivity index (χ1n) is 5.57. The van der Waals surface area contributed by atoms with E-state index in [2.05, 4.69) is 10.3 Å². The van der Waals surface area contributed by atoms with Gasteiger partial charge in [0.15, 0.2) is 0 Å². The summed E-state index contributed by atoms with van der Waals surface area (Å²) in [5.41, 5.74) is 3.51. The van der Waals surface area contributed by atoms with E-state index < -0.39 is 0 Å². The lowest BCUT2D eigenvalue weighted by Gasteiger charge is -2.07. The molecule has 0 saturated carbocycles. The highest BCUT2D eigenvalue weighted by Gasteiger charge is 1.99. The van der Waals surface area contributed by atoms with Gasteiger partial charge in [-0.05, 0) is 43.2 Å². The van der Waals surface area contributed by atoms with Gasteiger partial charge in [0.2, 0.25) is 0 Å². The van der Waals surface area contributed by atoms with Crippen molar-refractivity contribution in [1.82, 2.24) is 4.98 Å². The van der Waals surface area contributed by atoms with E-state index in [-0.39, 0.29) is 5.82 Å². The summed E-state index contributed by atoms with van der Waals surface area (Å²) < 4.78 is 13.3. The zero-order chi connectivity index (χ0) is 12.3. The molecule has 0 saturated heterocycles. The molecule has 2 nitrogen and oxygen atoms in total. The normalized spacial score (nSPS) is 10.3. The Morgan fingerprint density at radius 1 is 1.18 bits per heavy atom. The van der Waals surface area contributed by atoms with Crippen molar-refractivity contribution < 1.29 is 4.39 Å². The van der Waals surface area contributed by atoms with Crippen LogP contribution in [0.15, 0.2) is 36.5 Å². The minimum Gasteiger partial charge on any atom is -0.379 e. The van der Waals surface area contributed by atoms with E-state index in [1.165, 1.54) is 6.07 Å². The molecule has 2 rings (SSSR count). The van der Waals surface area contributed by atoms with E-state index in [1.54, 1.807) is 13.0 Å². The topological polar surface area (TPSA) is 24.9 Å². The van der Waals surface area contributed by atoms with E-state index in [1.807, 2.05) is 31.3 Å². The van der Waals surface area contributed by atoms with E-state index in [0.29, 0.717) is 12.1 Å². The number of hydrogen-bond acceptors (Lipinski definition) is 2. The predicted octanol–water partition coefficient (Wildman–Crippen LogP) is 3.45. The Balaban J connectivity index is 2.02. The molecular formula is C14H15FN2. The summed E-state index contributed by atoms with van der Waals surface area (Å²) in [4.78, 5) is 4.28. The Kier molecular flexibility index (Phi) is 3.38. The van der Waals surface area contributed by atoms with Crippen LogP contribution in [-0.2, 0) is 6.54 Å². The van der Waals surface area contributed by atoms with E-state index in [4.69, 9.17) is 0 Å². The molecular weight excluding hydrogens is 215 g/mol. The van der Waals surface area contributed by atoms with Crippen LogP contribution in [0.2, 0.25) is 0 Å². The molecule has 0 amide bonds. The van der Waals surface area contributed by atoms with Crippen LogP contribution in [-0.4, -0.2) is 4.98 Å².